The van der Waals surface area contributed by atoms with Gasteiger partial charge in [-0.05, 0) is 6.07 Å². The Labute approximate surface area is 106 Å². The van der Waals surface area contributed by atoms with Crippen LogP contribution in [-0.2, 0) is 6.54 Å². The maximum atomic E-state index is 5.74. The molecule has 0 amide bonds. The fourth-order valence-electron chi connectivity index (χ4n) is 2.41. The summed E-state index contributed by atoms with van der Waals surface area (Å²) in [4.78, 5) is 0. The number of benzene rings is 1. The second-order valence-corrected chi connectivity index (χ2v) is 4.79. The van der Waals surface area contributed by atoms with Crippen LogP contribution in [0, 0.1) is 5.92 Å². The Morgan fingerprint density at radius 3 is 3.17 bits per heavy atom. The minimum atomic E-state index is 0.338. The van der Waals surface area contributed by atoms with Gasteiger partial charge in [0.1, 0.15) is 5.75 Å². The standard InChI is InChI=1S/C14H17N3O/c1-10-9-18-13-5-3-2-4-12(13)14(10)15-6-11-7-16-17-8-11/h2-5,7-8,10,14-15H,6,9H2,1H3,(H,16,17). The molecule has 0 aliphatic carbocycles. The highest BCUT2D eigenvalue weighted by atomic mass is 16.5. The highest BCUT2D eigenvalue weighted by Gasteiger charge is 2.26. The third-order valence-electron chi connectivity index (χ3n) is 3.41. The van der Waals surface area contributed by atoms with Gasteiger partial charge in [0.15, 0.2) is 0 Å². The van der Waals surface area contributed by atoms with E-state index >= 15 is 0 Å². The van der Waals surface area contributed by atoms with Gasteiger partial charge in [-0.3, -0.25) is 5.10 Å². The van der Waals surface area contributed by atoms with E-state index in [-0.39, 0.29) is 0 Å². The van der Waals surface area contributed by atoms with E-state index in [9.17, 15) is 0 Å². The predicted octanol–water partition coefficient (Wildman–Crippen LogP) is 2.27. The molecule has 0 saturated carbocycles. The summed E-state index contributed by atoms with van der Waals surface area (Å²) < 4.78 is 5.74. The summed E-state index contributed by atoms with van der Waals surface area (Å²) in [5.41, 5.74) is 2.42. The van der Waals surface area contributed by atoms with E-state index in [2.05, 4.69) is 34.6 Å². The average molecular weight is 243 g/mol. The molecule has 2 atom stereocenters. The van der Waals surface area contributed by atoms with Crippen molar-refractivity contribution >= 4 is 0 Å². The van der Waals surface area contributed by atoms with Crippen molar-refractivity contribution in [3.8, 4) is 5.75 Å². The minimum Gasteiger partial charge on any atom is -0.493 e. The Balaban J connectivity index is 1.78. The number of para-hydroxylation sites is 1. The zero-order chi connectivity index (χ0) is 12.4. The number of rotatable bonds is 3. The number of aromatic nitrogens is 2. The summed E-state index contributed by atoms with van der Waals surface area (Å²) in [6, 6.07) is 8.59. The molecular weight excluding hydrogens is 226 g/mol. The molecule has 0 saturated heterocycles. The van der Waals surface area contributed by atoms with Gasteiger partial charge in [-0.15, -0.1) is 0 Å². The van der Waals surface area contributed by atoms with Crippen LogP contribution in [0.5, 0.6) is 5.75 Å². The first-order valence-corrected chi connectivity index (χ1v) is 6.27. The highest BCUT2D eigenvalue weighted by molar-refractivity contribution is 5.38. The number of hydrogen-bond donors (Lipinski definition) is 2. The lowest BCUT2D eigenvalue weighted by atomic mass is 9.92. The zero-order valence-corrected chi connectivity index (χ0v) is 10.4. The Kier molecular flexibility index (Phi) is 3.02. The first-order valence-electron chi connectivity index (χ1n) is 6.27. The number of nitrogens with zero attached hydrogens (tertiary/aromatic N) is 1. The van der Waals surface area contributed by atoms with Crippen molar-refractivity contribution in [2.75, 3.05) is 6.61 Å². The summed E-state index contributed by atoms with van der Waals surface area (Å²) in [5.74, 6) is 1.46. The number of fused-ring (bicyclic) bond motifs is 1. The molecule has 0 radical (unpaired) electrons. The lowest BCUT2D eigenvalue weighted by Crippen LogP contribution is -2.33. The molecule has 2 N–H and O–H groups in total. The van der Waals surface area contributed by atoms with Gasteiger partial charge < -0.3 is 10.1 Å². The van der Waals surface area contributed by atoms with E-state index in [0.717, 1.165) is 18.9 Å². The molecule has 2 unspecified atom stereocenters. The molecule has 0 spiro atoms. The third-order valence-corrected chi connectivity index (χ3v) is 3.41. The molecule has 0 bridgehead atoms. The van der Waals surface area contributed by atoms with Gasteiger partial charge in [-0.25, -0.2) is 0 Å². The number of hydrogen-bond acceptors (Lipinski definition) is 3. The summed E-state index contributed by atoms with van der Waals surface area (Å²) >= 11 is 0. The lowest BCUT2D eigenvalue weighted by Gasteiger charge is -2.32. The maximum absolute atomic E-state index is 5.74. The summed E-state index contributed by atoms with van der Waals surface area (Å²) in [6.45, 7) is 3.79. The molecule has 4 heteroatoms. The van der Waals surface area contributed by atoms with Crippen LogP contribution in [0.25, 0.3) is 0 Å². The van der Waals surface area contributed by atoms with E-state index in [4.69, 9.17) is 4.74 Å². The van der Waals surface area contributed by atoms with Crippen LogP contribution in [0.4, 0.5) is 0 Å². The second-order valence-electron chi connectivity index (χ2n) is 4.79. The van der Waals surface area contributed by atoms with Crippen molar-refractivity contribution in [2.24, 2.45) is 5.92 Å². The van der Waals surface area contributed by atoms with Crippen molar-refractivity contribution < 1.29 is 4.74 Å². The Hall–Kier alpha value is -1.81. The largest absolute Gasteiger partial charge is 0.493 e. The fraction of sp³-hybridized carbons (Fsp3) is 0.357. The topological polar surface area (TPSA) is 49.9 Å². The molecule has 2 aromatic rings. The van der Waals surface area contributed by atoms with Gasteiger partial charge in [0.2, 0.25) is 0 Å². The van der Waals surface area contributed by atoms with Crippen LogP contribution in [0.2, 0.25) is 0 Å². The van der Waals surface area contributed by atoms with E-state index < -0.39 is 0 Å². The van der Waals surface area contributed by atoms with Crippen molar-refractivity contribution in [3.63, 3.8) is 0 Å². The van der Waals surface area contributed by atoms with Crippen LogP contribution in [0.15, 0.2) is 36.7 Å². The molecule has 1 aromatic carbocycles. The minimum absolute atomic E-state index is 0.338. The summed E-state index contributed by atoms with van der Waals surface area (Å²) in [5, 5.41) is 10.4. The normalized spacial score (nSPS) is 22.3. The Morgan fingerprint density at radius 1 is 1.44 bits per heavy atom. The van der Waals surface area contributed by atoms with Gasteiger partial charge in [0, 0.05) is 35.8 Å². The molecule has 3 rings (SSSR count). The molecule has 1 aliphatic rings. The number of ether oxygens (including phenoxy) is 1. The van der Waals surface area contributed by atoms with Crippen molar-refractivity contribution in [2.45, 2.75) is 19.5 Å². The zero-order valence-electron chi connectivity index (χ0n) is 10.4. The summed E-state index contributed by atoms with van der Waals surface area (Å²) in [6.07, 6.45) is 3.77. The van der Waals surface area contributed by atoms with E-state index in [1.165, 1.54) is 11.1 Å². The van der Waals surface area contributed by atoms with Gasteiger partial charge in [0.05, 0.1) is 12.8 Å². The Morgan fingerprint density at radius 2 is 2.33 bits per heavy atom. The van der Waals surface area contributed by atoms with E-state index in [1.807, 2.05) is 24.5 Å². The van der Waals surface area contributed by atoms with Crippen LogP contribution in [-0.4, -0.2) is 16.8 Å². The number of nitrogens with one attached hydrogen (secondary N) is 2. The van der Waals surface area contributed by atoms with Crippen LogP contribution in [0.3, 0.4) is 0 Å². The highest BCUT2D eigenvalue weighted by Crippen LogP contribution is 2.34. The van der Waals surface area contributed by atoms with E-state index in [0.29, 0.717) is 12.0 Å². The first kappa shape index (κ1) is 11.3. The molecule has 2 heterocycles. The molecule has 94 valence electrons. The predicted molar refractivity (Wildman–Crippen MR) is 69.3 cm³/mol. The van der Waals surface area contributed by atoms with Crippen molar-refractivity contribution in [1.29, 1.82) is 0 Å². The van der Waals surface area contributed by atoms with Gasteiger partial charge in [0.25, 0.3) is 0 Å². The molecule has 1 aliphatic heterocycles. The van der Waals surface area contributed by atoms with Crippen molar-refractivity contribution in [3.05, 3.63) is 47.8 Å². The molecule has 1 aromatic heterocycles. The van der Waals surface area contributed by atoms with Gasteiger partial charge in [-0.1, -0.05) is 25.1 Å². The molecule has 18 heavy (non-hydrogen) atoms. The quantitative estimate of drug-likeness (QED) is 0.869. The Bertz CT molecular complexity index is 510. The first-order chi connectivity index (χ1) is 8.84. The van der Waals surface area contributed by atoms with Crippen LogP contribution >= 0.6 is 0 Å². The van der Waals surface area contributed by atoms with Crippen LogP contribution in [0.1, 0.15) is 24.1 Å². The fourth-order valence-corrected chi connectivity index (χ4v) is 2.41. The maximum Gasteiger partial charge on any atom is 0.124 e. The average Bonchev–Trinajstić information content (AvgIpc) is 2.91. The lowest BCUT2D eigenvalue weighted by molar-refractivity contribution is 0.188. The molecule has 4 nitrogen and oxygen atoms in total. The second kappa shape index (κ2) is 4.82. The SMILES string of the molecule is CC1COc2ccccc2C1NCc1cn[nH]c1. The third kappa shape index (κ3) is 2.11. The van der Waals surface area contributed by atoms with Gasteiger partial charge >= 0.3 is 0 Å². The van der Waals surface area contributed by atoms with E-state index in [1.54, 1.807) is 0 Å². The number of aromatic amines is 1. The monoisotopic (exact) mass is 243 g/mol. The summed E-state index contributed by atoms with van der Waals surface area (Å²) in [7, 11) is 0. The molecule has 0 fully saturated rings. The van der Waals surface area contributed by atoms with Crippen molar-refractivity contribution in [1.82, 2.24) is 15.5 Å². The van der Waals surface area contributed by atoms with Crippen LogP contribution < -0.4 is 10.1 Å². The smallest absolute Gasteiger partial charge is 0.124 e. The van der Waals surface area contributed by atoms with Gasteiger partial charge in [-0.2, -0.15) is 5.10 Å². The number of H-pyrrole nitrogens is 1. The molecular formula is C14H17N3O.